The van der Waals surface area contributed by atoms with Crippen LogP contribution in [0.15, 0.2) is 23.2 Å². The van der Waals surface area contributed by atoms with Crippen LogP contribution in [0.5, 0.6) is 0 Å². The normalized spacial score (nSPS) is 18.4. The molecule has 1 aromatic carbocycles. The van der Waals surface area contributed by atoms with Crippen molar-refractivity contribution in [1.29, 1.82) is 0 Å². The van der Waals surface area contributed by atoms with Crippen LogP contribution in [0.25, 0.3) is 0 Å². The number of halogens is 2. The van der Waals surface area contributed by atoms with Crippen LogP contribution < -0.4 is 10.6 Å². The van der Waals surface area contributed by atoms with Gasteiger partial charge in [0, 0.05) is 62.8 Å². The molecular formula is C20H33ClFN5. The second kappa shape index (κ2) is 9.71. The van der Waals surface area contributed by atoms with Crippen molar-refractivity contribution in [2.24, 2.45) is 4.99 Å². The number of nitrogens with zero attached hydrogens (tertiary/aromatic N) is 3. The molecule has 2 rings (SSSR count). The van der Waals surface area contributed by atoms with Crippen molar-refractivity contribution in [3.63, 3.8) is 0 Å². The first kappa shape index (κ1) is 21.9. The summed E-state index contributed by atoms with van der Waals surface area (Å²) < 4.78 is 13.3. The van der Waals surface area contributed by atoms with Gasteiger partial charge in [-0.1, -0.05) is 31.5 Å². The van der Waals surface area contributed by atoms with Gasteiger partial charge in [-0.15, -0.1) is 0 Å². The minimum Gasteiger partial charge on any atom is -0.356 e. The highest BCUT2D eigenvalue weighted by molar-refractivity contribution is 6.31. The van der Waals surface area contributed by atoms with E-state index < -0.39 is 0 Å². The van der Waals surface area contributed by atoms with Crippen molar-refractivity contribution < 1.29 is 4.39 Å². The third kappa shape index (κ3) is 6.33. The molecule has 0 aromatic heterocycles. The summed E-state index contributed by atoms with van der Waals surface area (Å²) in [5, 5.41) is 7.24. The average Bonchev–Trinajstić information content (AvgIpc) is 2.61. The van der Waals surface area contributed by atoms with Crippen LogP contribution in [0, 0.1) is 5.82 Å². The molecule has 0 saturated carbocycles. The zero-order valence-electron chi connectivity index (χ0n) is 17.1. The maximum atomic E-state index is 13.3. The van der Waals surface area contributed by atoms with Gasteiger partial charge in [0.15, 0.2) is 5.96 Å². The van der Waals surface area contributed by atoms with E-state index in [1.807, 2.05) is 0 Å². The SMILES string of the molecule is CN=C(NCC(C)N1CCN(C)CC1)NCC(C)(C)c1ccc(F)cc1Cl. The Balaban J connectivity index is 1.85. The van der Waals surface area contributed by atoms with Gasteiger partial charge in [-0.05, 0) is 31.7 Å². The molecule has 0 aliphatic carbocycles. The molecule has 1 aliphatic rings. The largest absolute Gasteiger partial charge is 0.356 e. The topological polar surface area (TPSA) is 42.9 Å². The Hall–Kier alpha value is -1.37. The molecule has 1 fully saturated rings. The summed E-state index contributed by atoms with van der Waals surface area (Å²) in [4.78, 5) is 9.19. The monoisotopic (exact) mass is 397 g/mol. The summed E-state index contributed by atoms with van der Waals surface area (Å²) in [7, 11) is 3.94. The molecule has 1 atom stereocenters. The Bertz CT molecular complexity index is 641. The van der Waals surface area contributed by atoms with Gasteiger partial charge in [0.1, 0.15) is 5.82 Å². The Morgan fingerprint density at radius 1 is 1.26 bits per heavy atom. The van der Waals surface area contributed by atoms with Crippen LogP contribution in [0.3, 0.4) is 0 Å². The van der Waals surface area contributed by atoms with Crippen LogP contribution in [0.1, 0.15) is 26.3 Å². The molecule has 2 N–H and O–H groups in total. The van der Waals surface area contributed by atoms with Gasteiger partial charge < -0.3 is 15.5 Å². The van der Waals surface area contributed by atoms with Crippen LogP contribution in [-0.4, -0.2) is 75.2 Å². The molecule has 7 heteroatoms. The maximum absolute atomic E-state index is 13.3. The first-order chi connectivity index (χ1) is 12.7. The van der Waals surface area contributed by atoms with Crippen LogP contribution in [0.2, 0.25) is 5.02 Å². The fourth-order valence-corrected chi connectivity index (χ4v) is 3.72. The van der Waals surface area contributed by atoms with E-state index in [1.54, 1.807) is 13.1 Å². The Labute approximate surface area is 168 Å². The molecule has 1 aromatic rings. The van der Waals surface area contributed by atoms with E-state index >= 15 is 0 Å². The Kier molecular flexibility index (Phi) is 7.89. The van der Waals surface area contributed by atoms with Crippen molar-refractivity contribution >= 4 is 17.6 Å². The lowest BCUT2D eigenvalue weighted by molar-refractivity contribution is 0.120. The molecule has 0 radical (unpaired) electrons. The number of guanidine groups is 1. The minimum atomic E-state index is -0.317. The molecule has 1 saturated heterocycles. The van der Waals surface area contributed by atoms with Gasteiger partial charge in [0.2, 0.25) is 0 Å². The smallest absolute Gasteiger partial charge is 0.191 e. The highest BCUT2D eigenvalue weighted by atomic mass is 35.5. The van der Waals surface area contributed by atoms with Gasteiger partial charge in [0.05, 0.1) is 0 Å². The quantitative estimate of drug-likeness (QED) is 0.572. The highest BCUT2D eigenvalue weighted by Crippen LogP contribution is 2.29. The number of likely N-dealkylation sites (N-methyl/N-ethyl adjacent to an activating group) is 1. The molecule has 1 unspecified atom stereocenters. The van der Waals surface area contributed by atoms with Crippen molar-refractivity contribution in [2.45, 2.75) is 32.2 Å². The van der Waals surface area contributed by atoms with E-state index in [1.165, 1.54) is 12.1 Å². The number of hydrogen-bond donors (Lipinski definition) is 2. The summed E-state index contributed by atoms with van der Waals surface area (Å²) in [5.74, 6) is 0.449. The van der Waals surface area contributed by atoms with E-state index in [4.69, 9.17) is 11.6 Å². The predicted octanol–water partition coefficient (Wildman–Crippen LogP) is 2.56. The zero-order chi connectivity index (χ0) is 20.0. The first-order valence-electron chi connectivity index (χ1n) is 9.55. The van der Waals surface area contributed by atoms with E-state index in [2.05, 4.69) is 53.2 Å². The zero-order valence-corrected chi connectivity index (χ0v) is 17.9. The van der Waals surface area contributed by atoms with Crippen molar-refractivity contribution in [1.82, 2.24) is 20.4 Å². The van der Waals surface area contributed by atoms with Gasteiger partial charge in [-0.3, -0.25) is 9.89 Å². The number of rotatable bonds is 6. The average molecular weight is 398 g/mol. The molecule has 152 valence electrons. The summed E-state index contributed by atoms with van der Waals surface area (Å²) in [6.07, 6.45) is 0. The van der Waals surface area contributed by atoms with Gasteiger partial charge >= 0.3 is 0 Å². The molecule has 0 spiro atoms. The summed E-state index contributed by atoms with van der Waals surface area (Å²) >= 11 is 6.24. The molecule has 27 heavy (non-hydrogen) atoms. The number of hydrogen-bond acceptors (Lipinski definition) is 3. The second-order valence-electron chi connectivity index (χ2n) is 8.00. The fraction of sp³-hybridized carbons (Fsp3) is 0.650. The molecule has 0 bridgehead atoms. The fourth-order valence-electron chi connectivity index (χ4n) is 3.30. The third-order valence-corrected chi connectivity index (χ3v) is 5.62. The van der Waals surface area contributed by atoms with Crippen molar-refractivity contribution in [3.8, 4) is 0 Å². The maximum Gasteiger partial charge on any atom is 0.191 e. The van der Waals surface area contributed by atoms with Crippen LogP contribution >= 0.6 is 11.6 Å². The van der Waals surface area contributed by atoms with Gasteiger partial charge in [0.25, 0.3) is 0 Å². The van der Waals surface area contributed by atoms with E-state index in [-0.39, 0.29) is 11.2 Å². The Morgan fingerprint density at radius 3 is 2.52 bits per heavy atom. The van der Waals surface area contributed by atoms with Gasteiger partial charge in [-0.25, -0.2) is 4.39 Å². The standard InChI is InChI=1S/C20H33ClFN5/c1-15(27-10-8-26(5)9-11-27)13-24-19(23-4)25-14-20(2,3)17-7-6-16(22)12-18(17)21/h6-7,12,15H,8-11,13-14H2,1-5H3,(H2,23,24,25). The predicted molar refractivity (Wildman–Crippen MR) is 112 cm³/mol. The molecule has 1 aliphatic heterocycles. The first-order valence-corrected chi connectivity index (χ1v) is 9.93. The number of benzene rings is 1. The lowest BCUT2D eigenvalue weighted by atomic mass is 9.84. The molecule has 5 nitrogen and oxygen atoms in total. The molecule has 1 heterocycles. The van der Waals surface area contributed by atoms with E-state index in [9.17, 15) is 4.39 Å². The number of piperazine rings is 1. The van der Waals surface area contributed by atoms with E-state index in [0.717, 1.165) is 44.2 Å². The highest BCUT2D eigenvalue weighted by Gasteiger charge is 2.24. The lowest BCUT2D eigenvalue weighted by Crippen LogP contribution is -2.52. The number of aliphatic imine (C=N–C) groups is 1. The molecular weight excluding hydrogens is 365 g/mol. The van der Waals surface area contributed by atoms with E-state index in [0.29, 0.717) is 17.6 Å². The Morgan fingerprint density at radius 2 is 1.93 bits per heavy atom. The minimum absolute atomic E-state index is 0.258. The summed E-state index contributed by atoms with van der Waals surface area (Å²) in [5.41, 5.74) is 0.658. The lowest BCUT2D eigenvalue weighted by Gasteiger charge is -2.36. The van der Waals surface area contributed by atoms with Crippen LogP contribution in [-0.2, 0) is 5.41 Å². The third-order valence-electron chi connectivity index (χ3n) is 5.31. The van der Waals surface area contributed by atoms with Crippen molar-refractivity contribution in [3.05, 3.63) is 34.6 Å². The van der Waals surface area contributed by atoms with Crippen LogP contribution in [0.4, 0.5) is 4.39 Å². The summed E-state index contributed by atoms with van der Waals surface area (Å²) in [6.45, 7) is 12.3. The second-order valence-corrected chi connectivity index (χ2v) is 8.41. The summed E-state index contributed by atoms with van der Waals surface area (Å²) in [6, 6.07) is 5.01. The van der Waals surface area contributed by atoms with Gasteiger partial charge in [-0.2, -0.15) is 0 Å². The van der Waals surface area contributed by atoms with Crippen molar-refractivity contribution in [2.75, 3.05) is 53.4 Å². The molecule has 0 amide bonds. The number of nitrogens with one attached hydrogen (secondary N) is 2.